The third kappa shape index (κ3) is 1.84. The number of fused-ring (bicyclic) bond motifs is 1. The number of benzene rings is 2. The van der Waals surface area contributed by atoms with Gasteiger partial charge in [0.05, 0.1) is 26.4 Å². The van der Waals surface area contributed by atoms with E-state index in [1.807, 2.05) is 30.3 Å². The Morgan fingerprint density at radius 2 is 1.95 bits per heavy atom. The molecule has 3 rings (SSSR count). The fourth-order valence-electron chi connectivity index (χ4n) is 2.32. The Morgan fingerprint density at radius 3 is 2.55 bits per heavy atom. The highest BCUT2D eigenvalue weighted by Crippen LogP contribution is 2.32. The molecule has 0 atom stereocenters. The van der Waals surface area contributed by atoms with Crippen LogP contribution in [0.15, 0.2) is 36.4 Å². The van der Waals surface area contributed by atoms with Crippen LogP contribution in [-0.2, 0) is 4.74 Å². The molecule has 1 aliphatic heterocycles. The van der Waals surface area contributed by atoms with Crippen LogP contribution in [0.2, 0.25) is 0 Å². The summed E-state index contributed by atoms with van der Waals surface area (Å²) in [5.41, 5.74) is -0.451. The predicted molar refractivity (Wildman–Crippen MR) is 73.7 cm³/mol. The van der Waals surface area contributed by atoms with Crippen LogP contribution in [0.5, 0.6) is 5.75 Å². The molecule has 0 aromatic heterocycles. The molecule has 1 heterocycles. The van der Waals surface area contributed by atoms with Crippen LogP contribution in [0.25, 0.3) is 10.8 Å². The molecule has 0 unspecified atom stereocenters. The molecule has 2 aromatic rings. The lowest BCUT2D eigenvalue weighted by Gasteiger charge is -2.33. The van der Waals surface area contributed by atoms with Crippen molar-refractivity contribution in [3.8, 4) is 11.8 Å². The molecule has 0 bridgehead atoms. The van der Waals surface area contributed by atoms with E-state index in [0.717, 1.165) is 16.5 Å². The molecular weight excluding hydrogens is 254 g/mol. The van der Waals surface area contributed by atoms with E-state index in [1.165, 1.54) is 0 Å². The topological polar surface area (TPSA) is 59.3 Å². The van der Waals surface area contributed by atoms with Gasteiger partial charge in [0.1, 0.15) is 5.75 Å². The van der Waals surface area contributed by atoms with Crippen molar-refractivity contribution < 1.29 is 14.3 Å². The van der Waals surface area contributed by atoms with Crippen LogP contribution in [0, 0.1) is 16.7 Å². The minimum atomic E-state index is -1.000. The van der Waals surface area contributed by atoms with Gasteiger partial charge in [-0.25, -0.2) is 0 Å². The summed E-state index contributed by atoms with van der Waals surface area (Å²) in [5, 5.41) is 11.1. The summed E-state index contributed by atoms with van der Waals surface area (Å²) in [5.74, 6) is 0.612. The molecule has 0 amide bonds. The molecule has 2 aromatic carbocycles. The van der Waals surface area contributed by atoms with Crippen LogP contribution in [-0.4, -0.2) is 26.1 Å². The van der Waals surface area contributed by atoms with Crippen molar-refractivity contribution in [1.82, 2.24) is 0 Å². The first-order valence-corrected chi connectivity index (χ1v) is 6.30. The number of ketones is 1. The number of carbonyl (C=O) groups excluding carboxylic acids is 1. The van der Waals surface area contributed by atoms with Crippen LogP contribution in [0.4, 0.5) is 0 Å². The van der Waals surface area contributed by atoms with Crippen molar-refractivity contribution in [3.63, 3.8) is 0 Å². The lowest BCUT2D eigenvalue weighted by atomic mass is 9.79. The second-order valence-electron chi connectivity index (χ2n) is 4.94. The van der Waals surface area contributed by atoms with Crippen molar-refractivity contribution in [2.75, 3.05) is 20.3 Å². The Bertz CT molecular complexity index is 726. The van der Waals surface area contributed by atoms with Crippen molar-refractivity contribution in [3.05, 3.63) is 42.0 Å². The van der Waals surface area contributed by atoms with Gasteiger partial charge < -0.3 is 9.47 Å². The van der Waals surface area contributed by atoms with E-state index in [-0.39, 0.29) is 19.0 Å². The number of hydrogen-bond donors (Lipinski definition) is 0. The molecule has 4 heteroatoms. The zero-order valence-electron chi connectivity index (χ0n) is 11.1. The molecule has 0 N–H and O–H groups in total. The van der Waals surface area contributed by atoms with Crippen molar-refractivity contribution in [1.29, 1.82) is 5.26 Å². The van der Waals surface area contributed by atoms with Gasteiger partial charge in [0.25, 0.3) is 0 Å². The van der Waals surface area contributed by atoms with Gasteiger partial charge in [0.2, 0.25) is 0 Å². The lowest BCUT2D eigenvalue weighted by Crippen LogP contribution is -2.47. The molecule has 1 aliphatic rings. The molecule has 1 saturated heterocycles. The first-order chi connectivity index (χ1) is 9.68. The van der Waals surface area contributed by atoms with E-state index < -0.39 is 5.41 Å². The zero-order chi connectivity index (χ0) is 14.2. The standard InChI is InChI=1S/C16H13NO3/c1-19-14-5-4-11-6-13(3-2-12(11)7-14)15(18)16(8-17)9-20-10-16/h2-7H,9-10H2,1H3. The second-order valence-corrected chi connectivity index (χ2v) is 4.94. The summed E-state index contributed by atoms with van der Waals surface area (Å²) >= 11 is 0. The average Bonchev–Trinajstić information content (AvgIpc) is 2.45. The largest absolute Gasteiger partial charge is 0.497 e. The fraction of sp³-hybridized carbons (Fsp3) is 0.250. The van der Waals surface area contributed by atoms with E-state index in [4.69, 9.17) is 9.47 Å². The third-order valence-electron chi connectivity index (χ3n) is 3.66. The maximum atomic E-state index is 12.4. The molecule has 100 valence electrons. The Morgan fingerprint density at radius 1 is 1.25 bits per heavy atom. The number of rotatable bonds is 3. The van der Waals surface area contributed by atoms with E-state index in [0.29, 0.717) is 5.56 Å². The Balaban J connectivity index is 2.01. The molecule has 4 nitrogen and oxygen atoms in total. The number of ether oxygens (including phenoxy) is 2. The smallest absolute Gasteiger partial charge is 0.187 e. The van der Waals surface area contributed by atoms with Crippen LogP contribution >= 0.6 is 0 Å². The van der Waals surface area contributed by atoms with Gasteiger partial charge in [-0.15, -0.1) is 0 Å². The highest BCUT2D eigenvalue weighted by molar-refractivity contribution is 6.05. The highest BCUT2D eigenvalue weighted by Gasteiger charge is 2.46. The fourth-order valence-corrected chi connectivity index (χ4v) is 2.32. The minimum Gasteiger partial charge on any atom is -0.497 e. The van der Waals surface area contributed by atoms with Gasteiger partial charge in [-0.2, -0.15) is 5.26 Å². The normalized spacial score (nSPS) is 16.2. The molecule has 20 heavy (non-hydrogen) atoms. The van der Waals surface area contributed by atoms with Gasteiger partial charge in [-0.05, 0) is 29.0 Å². The summed E-state index contributed by atoms with van der Waals surface area (Å²) in [6.07, 6.45) is 0. The zero-order valence-corrected chi connectivity index (χ0v) is 11.1. The monoisotopic (exact) mass is 267 g/mol. The number of carbonyl (C=O) groups is 1. The SMILES string of the molecule is COc1ccc2cc(C(=O)C3(C#N)COC3)ccc2c1. The molecular formula is C16H13NO3. The molecule has 0 radical (unpaired) electrons. The summed E-state index contributed by atoms with van der Waals surface area (Å²) in [6.45, 7) is 0.367. The van der Waals surface area contributed by atoms with E-state index in [9.17, 15) is 10.1 Å². The van der Waals surface area contributed by atoms with Crippen molar-refractivity contribution in [2.45, 2.75) is 0 Å². The predicted octanol–water partition coefficient (Wildman–Crippen LogP) is 2.57. The van der Waals surface area contributed by atoms with E-state index in [1.54, 1.807) is 13.2 Å². The molecule has 0 spiro atoms. The van der Waals surface area contributed by atoms with Crippen LogP contribution < -0.4 is 4.74 Å². The van der Waals surface area contributed by atoms with Gasteiger partial charge in [0, 0.05) is 5.56 Å². The Hall–Kier alpha value is -2.38. The third-order valence-corrected chi connectivity index (χ3v) is 3.66. The maximum Gasteiger partial charge on any atom is 0.187 e. The number of nitrogens with zero attached hydrogens (tertiary/aromatic N) is 1. The maximum absolute atomic E-state index is 12.4. The minimum absolute atomic E-state index is 0.163. The Kier molecular flexibility index (Phi) is 2.92. The van der Waals surface area contributed by atoms with Gasteiger partial charge in [0.15, 0.2) is 11.2 Å². The number of nitriles is 1. The highest BCUT2D eigenvalue weighted by atomic mass is 16.5. The Labute approximate surface area is 116 Å². The van der Waals surface area contributed by atoms with E-state index in [2.05, 4.69) is 6.07 Å². The first kappa shape index (κ1) is 12.6. The van der Waals surface area contributed by atoms with Crippen LogP contribution in [0.1, 0.15) is 10.4 Å². The lowest BCUT2D eigenvalue weighted by molar-refractivity contribution is -0.0566. The van der Waals surface area contributed by atoms with Gasteiger partial charge >= 0.3 is 0 Å². The van der Waals surface area contributed by atoms with Crippen molar-refractivity contribution in [2.24, 2.45) is 5.41 Å². The van der Waals surface area contributed by atoms with E-state index >= 15 is 0 Å². The molecule has 0 saturated carbocycles. The van der Waals surface area contributed by atoms with Gasteiger partial charge in [-0.1, -0.05) is 18.2 Å². The summed E-state index contributed by atoms with van der Waals surface area (Å²) in [7, 11) is 1.62. The number of Topliss-reactive ketones (excluding diaryl/α,β-unsaturated/α-hetero) is 1. The van der Waals surface area contributed by atoms with Crippen LogP contribution in [0.3, 0.4) is 0 Å². The first-order valence-electron chi connectivity index (χ1n) is 6.30. The summed E-state index contributed by atoms with van der Waals surface area (Å²) in [4.78, 5) is 12.4. The quantitative estimate of drug-likeness (QED) is 0.802. The van der Waals surface area contributed by atoms with Crippen molar-refractivity contribution >= 4 is 16.6 Å². The second kappa shape index (κ2) is 4.62. The summed E-state index contributed by atoms with van der Waals surface area (Å²) < 4.78 is 10.2. The number of methoxy groups -OCH3 is 1. The summed E-state index contributed by atoms with van der Waals surface area (Å²) in [6, 6.07) is 13.2. The molecule has 0 aliphatic carbocycles. The average molecular weight is 267 g/mol. The molecule has 1 fully saturated rings. The van der Waals surface area contributed by atoms with Gasteiger partial charge in [-0.3, -0.25) is 4.79 Å². The number of hydrogen-bond acceptors (Lipinski definition) is 4.